The minimum absolute atomic E-state index is 0.290. The normalized spacial score (nSPS) is 18.6. The number of thioether (sulfide) groups is 2. The van der Waals surface area contributed by atoms with Gasteiger partial charge in [0.25, 0.3) is 0 Å². The van der Waals surface area contributed by atoms with Crippen molar-refractivity contribution in [1.29, 1.82) is 0 Å². The van der Waals surface area contributed by atoms with Crippen molar-refractivity contribution in [2.45, 2.75) is 17.4 Å². The fraction of sp³-hybridized carbons (Fsp3) is 0.389. The second-order valence-electron chi connectivity index (χ2n) is 5.52. The third-order valence-corrected chi connectivity index (χ3v) is 7.33. The van der Waals surface area contributed by atoms with Crippen molar-refractivity contribution in [3.8, 4) is 0 Å². The maximum atomic E-state index is 12.4. The van der Waals surface area contributed by atoms with E-state index >= 15 is 0 Å². The van der Waals surface area contributed by atoms with Crippen molar-refractivity contribution >= 4 is 40.8 Å². The summed E-state index contributed by atoms with van der Waals surface area (Å²) < 4.78 is 0. The van der Waals surface area contributed by atoms with Gasteiger partial charge in [0.15, 0.2) is 0 Å². The second kappa shape index (κ2) is 8.81. The largest absolute Gasteiger partial charge is 0.341 e. The van der Waals surface area contributed by atoms with Gasteiger partial charge in [0.1, 0.15) is 0 Å². The van der Waals surface area contributed by atoms with Crippen LogP contribution in [0.4, 0.5) is 0 Å². The van der Waals surface area contributed by atoms with Crippen molar-refractivity contribution < 1.29 is 4.79 Å². The van der Waals surface area contributed by atoms with E-state index in [2.05, 4.69) is 46.7 Å². The highest BCUT2D eigenvalue weighted by molar-refractivity contribution is 7.99. The second-order valence-corrected chi connectivity index (χ2v) is 8.80. The first-order valence-electron chi connectivity index (χ1n) is 7.87. The van der Waals surface area contributed by atoms with Gasteiger partial charge in [0.05, 0.1) is 5.75 Å². The molecule has 23 heavy (non-hydrogen) atoms. The number of hydrogen-bond donors (Lipinski definition) is 0. The van der Waals surface area contributed by atoms with Crippen LogP contribution in [0.5, 0.6) is 0 Å². The average molecular weight is 364 g/mol. The number of carbonyl (C=O) groups is 1. The summed E-state index contributed by atoms with van der Waals surface area (Å²) in [6.07, 6.45) is 1.07. The van der Waals surface area contributed by atoms with Crippen LogP contribution in [-0.4, -0.2) is 35.4 Å². The van der Waals surface area contributed by atoms with E-state index < -0.39 is 0 Å². The molecule has 1 unspecified atom stereocenters. The first kappa shape index (κ1) is 16.9. The van der Waals surface area contributed by atoms with E-state index in [0.29, 0.717) is 16.9 Å². The van der Waals surface area contributed by atoms with Gasteiger partial charge >= 0.3 is 0 Å². The van der Waals surface area contributed by atoms with Crippen molar-refractivity contribution in [2.24, 2.45) is 0 Å². The van der Waals surface area contributed by atoms with E-state index in [4.69, 9.17) is 0 Å². The lowest BCUT2D eigenvalue weighted by Gasteiger charge is -2.20. The zero-order chi connectivity index (χ0) is 15.9. The summed E-state index contributed by atoms with van der Waals surface area (Å²) in [7, 11) is 0. The topological polar surface area (TPSA) is 20.3 Å². The molecule has 5 heteroatoms. The van der Waals surface area contributed by atoms with Gasteiger partial charge in [-0.2, -0.15) is 11.8 Å². The van der Waals surface area contributed by atoms with E-state index in [-0.39, 0.29) is 0 Å². The molecule has 1 atom stereocenters. The van der Waals surface area contributed by atoms with Crippen molar-refractivity contribution in [3.63, 3.8) is 0 Å². The Kier molecular flexibility index (Phi) is 6.48. The summed E-state index contributed by atoms with van der Waals surface area (Å²) in [6.45, 7) is 1.78. The van der Waals surface area contributed by atoms with Crippen LogP contribution in [0, 0.1) is 0 Å². The summed E-state index contributed by atoms with van der Waals surface area (Å²) in [5.41, 5.74) is 1.29. The quantitative estimate of drug-likeness (QED) is 0.769. The first-order valence-corrected chi connectivity index (χ1v) is 11.0. The zero-order valence-corrected chi connectivity index (χ0v) is 15.5. The van der Waals surface area contributed by atoms with Crippen molar-refractivity contribution in [2.75, 3.05) is 24.6 Å². The molecule has 0 saturated carbocycles. The Morgan fingerprint density at radius 2 is 2.04 bits per heavy atom. The van der Waals surface area contributed by atoms with Crippen LogP contribution >= 0.6 is 34.9 Å². The fourth-order valence-corrected chi connectivity index (χ4v) is 5.77. The van der Waals surface area contributed by atoms with Gasteiger partial charge in [0, 0.05) is 34.7 Å². The summed E-state index contributed by atoms with van der Waals surface area (Å²) in [5.74, 6) is 2.83. The molecule has 2 heterocycles. The molecule has 1 aromatic heterocycles. The standard InChI is InChI=1S/C18H21NOS3/c20-18(14-21-13-15-5-2-1-3-6-15)19-9-8-17(23-12-10-19)16-7-4-11-22-16/h1-7,11,17H,8-10,12-14H2. The van der Waals surface area contributed by atoms with Crippen molar-refractivity contribution in [1.82, 2.24) is 4.90 Å². The van der Waals surface area contributed by atoms with E-state index in [0.717, 1.165) is 31.0 Å². The number of carbonyl (C=O) groups excluding carboxylic acids is 1. The van der Waals surface area contributed by atoms with E-state index in [1.54, 1.807) is 11.8 Å². The van der Waals surface area contributed by atoms with E-state index in [9.17, 15) is 4.79 Å². The smallest absolute Gasteiger partial charge is 0.232 e. The van der Waals surface area contributed by atoms with Gasteiger partial charge in [-0.3, -0.25) is 4.79 Å². The van der Waals surface area contributed by atoms with E-state index in [1.165, 1.54) is 10.4 Å². The van der Waals surface area contributed by atoms with Crippen LogP contribution in [0.1, 0.15) is 22.1 Å². The molecular weight excluding hydrogens is 342 g/mol. The third-order valence-electron chi connectivity index (χ3n) is 3.89. The summed E-state index contributed by atoms with van der Waals surface area (Å²) >= 11 is 5.54. The summed E-state index contributed by atoms with van der Waals surface area (Å²) in [6, 6.07) is 14.7. The van der Waals surface area contributed by atoms with Crippen LogP contribution in [0.25, 0.3) is 0 Å². The Balaban J connectivity index is 1.44. The molecule has 0 radical (unpaired) electrons. The lowest BCUT2D eigenvalue weighted by atomic mass is 10.2. The highest BCUT2D eigenvalue weighted by Gasteiger charge is 2.22. The van der Waals surface area contributed by atoms with Gasteiger partial charge in [-0.05, 0) is 23.4 Å². The monoisotopic (exact) mass is 363 g/mol. The lowest BCUT2D eigenvalue weighted by Crippen LogP contribution is -2.34. The average Bonchev–Trinajstić information content (AvgIpc) is 3.00. The van der Waals surface area contributed by atoms with Gasteiger partial charge in [0.2, 0.25) is 5.91 Å². The molecule has 2 nitrogen and oxygen atoms in total. The summed E-state index contributed by atoms with van der Waals surface area (Å²) in [4.78, 5) is 15.9. The number of rotatable bonds is 5. The minimum atomic E-state index is 0.290. The molecule has 122 valence electrons. The predicted molar refractivity (Wildman–Crippen MR) is 103 cm³/mol. The van der Waals surface area contributed by atoms with Crippen LogP contribution in [0.2, 0.25) is 0 Å². The Morgan fingerprint density at radius 3 is 2.83 bits per heavy atom. The Hall–Kier alpha value is -0.910. The summed E-state index contributed by atoms with van der Waals surface area (Å²) in [5, 5.41) is 2.70. The highest BCUT2D eigenvalue weighted by atomic mass is 32.2. The molecule has 2 aromatic rings. The molecule has 1 aliphatic heterocycles. The molecule has 1 aromatic carbocycles. The molecule has 1 saturated heterocycles. The molecule has 0 aliphatic carbocycles. The zero-order valence-electron chi connectivity index (χ0n) is 13.0. The fourth-order valence-electron chi connectivity index (χ4n) is 2.64. The molecule has 3 rings (SSSR count). The number of nitrogens with zero attached hydrogens (tertiary/aromatic N) is 1. The van der Waals surface area contributed by atoms with Crippen LogP contribution in [0.15, 0.2) is 47.8 Å². The van der Waals surface area contributed by atoms with Gasteiger partial charge in [-0.25, -0.2) is 0 Å². The van der Waals surface area contributed by atoms with Gasteiger partial charge < -0.3 is 4.90 Å². The van der Waals surface area contributed by atoms with Crippen molar-refractivity contribution in [3.05, 3.63) is 58.3 Å². The maximum absolute atomic E-state index is 12.4. The molecule has 0 N–H and O–H groups in total. The number of amides is 1. The molecule has 0 spiro atoms. The van der Waals surface area contributed by atoms with Gasteiger partial charge in [-0.15, -0.1) is 23.1 Å². The van der Waals surface area contributed by atoms with Crippen LogP contribution in [-0.2, 0) is 10.5 Å². The Labute approximate surface area is 150 Å². The molecule has 0 bridgehead atoms. The molecule has 1 amide bonds. The maximum Gasteiger partial charge on any atom is 0.232 e. The van der Waals surface area contributed by atoms with E-state index in [1.807, 2.05) is 29.2 Å². The SMILES string of the molecule is O=C(CSCc1ccccc1)N1CCSC(c2cccs2)CC1. The lowest BCUT2D eigenvalue weighted by molar-refractivity contribution is -0.128. The number of benzene rings is 1. The first-order chi connectivity index (χ1) is 11.3. The molecule has 1 fully saturated rings. The predicted octanol–water partition coefficient (Wildman–Crippen LogP) is 4.69. The van der Waals surface area contributed by atoms with Crippen LogP contribution in [0.3, 0.4) is 0 Å². The highest BCUT2D eigenvalue weighted by Crippen LogP contribution is 2.36. The number of thiophene rings is 1. The number of hydrogen-bond acceptors (Lipinski definition) is 4. The third kappa shape index (κ3) is 5.03. The minimum Gasteiger partial charge on any atom is -0.341 e. The Morgan fingerprint density at radius 1 is 1.17 bits per heavy atom. The molecular formula is C18H21NOS3. The Bertz CT molecular complexity index is 600. The van der Waals surface area contributed by atoms with Crippen LogP contribution < -0.4 is 0 Å². The van der Waals surface area contributed by atoms with Gasteiger partial charge in [-0.1, -0.05) is 36.4 Å². The molecule has 1 aliphatic rings.